The fourth-order valence-electron chi connectivity index (χ4n) is 0.815. The van der Waals surface area contributed by atoms with Crippen LogP contribution in [0.3, 0.4) is 0 Å². The molecular formula is C8H8FIN2O. The number of anilines is 1. The molecule has 0 saturated carbocycles. The number of primary amides is 1. The summed E-state index contributed by atoms with van der Waals surface area (Å²) in [7, 11) is 0. The zero-order valence-electron chi connectivity index (χ0n) is 6.68. The highest BCUT2D eigenvalue weighted by molar-refractivity contribution is 14.1. The number of hydrogen-bond donors (Lipinski definition) is 2. The maximum absolute atomic E-state index is 12.6. The maximum Gasteiger partial charge on any atom is 0.236 e. The second-order valence-electron chi connectivity index (χ2n) is 2.44. The maximum atomic E-state index is 12.6. The topological polar surface area (TPSA) is 55.1 Å². The van der Waals surface area contributed by atoms with E-state index in [0.717, 1.165) is 3.57 Å². The number of carbonyl (C=O) groups is 1. The summed E-state index contributed by atoms with van der Waals surface area (Å²) in [5.41, 5.74) is 5.65. The molecule has 0 bridgehead atoms. The molecule has 0 atom stereocenters. The summed E-state index contributed by atoms with van der Waals surface area (Å²) in [6, 6.07) is 4.27. The predicted octanol–water partition coefficient (Wildman–Crippen LogP) is 1.33. The van der Waals surface area contributed by atoms with Gasteiger partial charge in [-0.3, -0.25) is 4.79 Å². The van der Waals surface area contributed by atoms with Gasteiger partial charge in [0.05, 0.1) is 6.54 Å². The van der Waals surface area contributed by atoms with Gasteiger partial charge >= 0.3 is 0 Å². The zero-order valence-corrected chi connectivity index (χ0v) is 8.84. The molecule has 13 heavy (non-hydrogen) atoms. The quantitative estimate of drug-likeness (QED) is 0.826. The second-order valence-corrected chi connectivity index (χ2v) is 3.61. The van der Waals surface area contributed by atoms with Crippen molar-refractivity contribution in [3.63, 3.8) is 0 Å². The summed E-state index contributed by atoms with van der Waals surface area (Å²) >= 11 is 1.98. The van der Waals surface area contributed by atoms with Gasteiger partial charge in [0.15, 0.2) is 0 Å². The number of rotatable bonds is 3. The molecule has 0 spiro atoms. The van der Waals surface area contributed by atoms with E-state index in [1.165, 1.54) is 12.1 Å². The molecule has 0 aliphatic carbocycles. The number of amides is 1. The molecular weight excluding hydrogens is 286 g/mol. The van der Waals surface area contributed by atoms with Crippen molar-refractivity contribution in [2.45, 2.75) is 0 Å². The fourth-order valence-corrected chi connectivity index (χ4v) is 1.48. The Hall–Kier alpha value is -0.850. The van der Waals surface area contributed by atoms with Gasteiger partial charge in [-0.05, 0) is 40.8 Å². The number of nitrogens with two attached hydrogens (primary N) is 1. The van der Waals surface area contributed by atoms with E-state index in [0.29, 0.717) is 5.69 Å². The Morgan fingerprint density at radius 1 is 1.62 bits per heavy atom. The Labute approximate surface area is 88.6 Å². The lowest BCUT2D eigenvalue weighted by Gasteiger charge is -2.05. The van der Waals surface area contributed by atoms with Crippen molar-refractivity contribution in [3.8, 4) is 0 Å². The highest BCUT2D eigenvalue weighted by Gasteiger charge is 2.01. The summed E-state index contributed by atoms with van der Waals surface area (Å²) in [6.45, 7) is 0.0572. The molecule has 1 aromatic carbocycles. The summed E-state index contributed by atoms with van der Waals surface area (Å²) < 4.78 is 13.3. The van der Waals surface area contributed by atoms with Crippen molar-refractivity contribution >= 4 is 34.2 Å². The molecule has 0 aliphatic rings. The Balaban J connectivity index is 2.72. The minimum absolute atomic E-state index is 0.0572. The third-order valence-electron chi connectivity index (χ3n) is 1.38. The standard InChI is InChI=1S/C8H8FIN2O/c9-5-1-2-7(6(10)3-5)12-4-8(11)13/h1-3,12H,4H2,(H2,11,13). The molecule has 3 nitrogen and oxygen atoms in total. The fraction of sp³-hybridized carbons (Fsp3) is 0.125. The summed E-state index contributed by atoms with van der Waals surface area (Å²) in [6.07, 6.45) is 0. The molecule has 0 fully saturated rings. The minimum Gasteiger partial charge on any atom is -0.375 e. The van der Waals surface area contributed by atoms with Crippen LogP contribution in [0.5, 0.6) is 0 Å². The highest BCUT2D eigenvalue weighted by atomic mass is 127. The number of halogens is 2. The molecule has 0 aliphatic heterocycles. The molecule has 0 unspecified atom stereocenters. The molecule has 1 amide bonds. The van der Waals surface area contributed by atoms with Gasteiger partial charge in [-0.1, -0.05) is 0 Å². The molecule has 0 heterocycles. The van der Waals surface area contributed by atoms with Crippen LogP contribution in [0, 0.1) is 9.39 Å². The van der Waals surface area contributed by atoms with Gasteiger partial charge in [-0.25, -0.2) is 4.39 Å². The first-order valence-corrected chi connectivity index (χ1v) is 4.64. The van der Waals surface area contributed by atoms with Crippen LogP contribution >= 0.6 is 22.6 Å². The first kappa shape index (κ1) is 10.2. The number of hydrogen-bond acceptors (Lipinski definition) is 2. The normalized spacial score (nSPS) is 9.69. The van der Waals surface area contributed by atoms with Crippen molar-refractivity contribution < 1.29 is 9.18 Å². The van der Waals surface area contributed by atoms with E-state index in [9.17, 15) is 9.18 Å². The van der Waals surface area contributed by atoms with Crippen LogP contribution in [-0.4, -0.2) is 12.5 Å². The van der Waals surface area contributed by atoms with E-state index in [1.807, 2.05) is 22.6 Å². The third-order valence-corrected chi connectivity index (χ3v) is 2.28. The van der Waals surface area contributed by atoms with E-state index in [-0.39, 0.29) is 12.4 Å². The van der Waals surface area contributed by atoms with Crippen LogP contribution in [0.2, 0.25) is 0 Å². The molecule has 1 rings (SSSR count). The SMILES string of the molecule is NC(=O)CNc1ccc(F)cc1I. The summed E-state index contributed by atoms with van der Waals surface area (Å²) in [4.78, 5) is 10.4. The van der Waals surface area contributed by atoms with E-state index in [1.54, 1.807) is 6.07 Å². The van der Waals surface area contributed by atoms with Crippen LogP contribution in [-0.2, 0) is 4.79 Å². The first-order valence-electron chi connectivity index (χ1n) is 3.57. The Morgan fingerprint density at radius 2 is 2.31 bits per heavy atom. The average Bonchev–Trinajstić information content (AvgIpc) is 2.02. The third kappa shape index (κ3) is 3.17. The smallest absolute Gasteiger partial charge is 0.236 e. The Kier molecular flexibility index (Phi) is 3.47. The van der Waals surface area contributed by atoms with Crippen LogP contribution in [0.4, 0.5) is 10.1 Å². The lowest BCUT2D eigenvalue weighted by molar-refractivity contribution is -0.116. The van der Waals surface area contributed by atoms with Crippen molar-refractivity contribution in [1.29, 1.82) is 0 Å². The van der Waals surface area contributed by atoms with Gasteiger partial charge < -0.3 is 11.1 Å². The van der Waals surface area contributed by atoms with E-state index < -0.39 is 5.91 Å². The Morgan fingerprint density at radius 3 is 2.85 bits per heavy atom. The molecule has 70 valence electrons. The van der Waals surface area contributed by atoms with Crippen molar-refractivity contribution in [1.82, 2.24) is 0 Å². The Bertz CT molecular complexity index is 330. The van der Waals surface area contributed by atoms with Crippen LogP contribution in [0.1, 0.15) is 0 Å². The van der Waals surface area contributed by atoms with Gasteiger partial charge in [0, 0.05) is 9.26 Å². The highest BCUT2D eigenvalue weighted by Crippen LogP contribution is 2.18. The van der Waals surface area contributed by atoms with E-state index in [2.05, 4.69) is 5.32 Å². The van der Waals surface area contributed by atoms with Gasteiger partial charge in [0.1, 0.15) is 5.82 Å². The van der Waals surface area contributed by atoms with Crippen LogP contribution in [0.25, 0.3) is 0 Å². The van der Waals surface area contributed by atoms with Crippen molar-refractivity contribution in [2.24, 2.45) is 5.73 Å². The molecule has 5 heteroatoms. The number of carbonyl (C=O) groups excluding carboxylic acids is 1. The predicted molar refractivity (Wildman–Crippen MR) is 56.8 cm³/mol. The molecule has 3 N–H and O–H groups in total. The molecule has 0 aromatic heterocycles. The lowest BCUT2D eigenvalue weighted by atomic mass is 10.3. The zero-order chi connectivity index (χ0) is 9.84. The van der Waals surface area contributed by atoms with Gasteiger partial charge in [-0.2, -0.15) is 0 Å². The molecule has 0 radical (unpaired) electrons. The van der Waals surface area contributed by atoms with Gasteiger partial charge in [-0.15, -0.1) is 0 Å². The lowest BCUT2D eigenvalue weighted by Crippen LogP contribution is -2.22. The summed E-state index contributed by atoms with van der Waals surface area (Å²) in [5.74, 6) is -0.742. The monoisotopic (exact) mass is 294 g/mol. The van der Waals surface area contributed by atoms with E-state index in [4.69, 9.17) is 5.73 Å². The van der Waals surface area contributed by atoms with Crippen molar-refractivity contribution in [3.05, 3.63) is 27.6 Å². The van der Waals surface area contributed by atoms with E-state index >= 15 is 0 Å². The minimum atomic E-state index is -0.444. The molecule has 1 aromatic rings. The van der Waals surface area contributed by atoms with Crippen molar-refractivity contribution in [2.75, 3.05) is 11.9 Å². The van der Waals surface area contributed by atoms with Crippen LogP contribution in [0.15, 0.2) is 18.2 Å². The average molecular weight is 294 g/mol. The summed E-state index contributed by atoms with van der Waals surface area (Å²) in [5, 5.41) is 2.79. The van der Waals surface area contributed by atoms with Crippen LogP contribution < -0.4 is 11.1 Å². The molecule has 0 saturated heterocycles. The first-order chi connectivity index (χ1) is 6.09. The number of benzene rings is 1. The second kappa shape index (κ2) is 4.40. The largest absolute Gasteiger partial charge is 0.375 e. The van der Waals surface area contributed by atoms with Gasteiger partial charge in [0.25, 0.3) is 0 Å². The van der Waals surface area contributed by atoms with Gasteiger partial charge in [0.2, 0.25) is 5.91 Å². The number of nitrogens with one attached hydrogen (secondary N) is 1.